The van der Waals surface area contributed by atoms with Gasteiger partial charge < -0.3 is 14.9 Å². The predicted molar refractivity (Wildman–Crippen MR) is 79.9 cm³/mol. The third-order valence-corrected chi connectivity index (χ3v) is 4.53. The second kappa shape index (κ2) is 7.21. The van der Waals surface area contributed by atoms with Crippen LogP contribution in [0.15, 0.2) is 24.3 Å². The van der Waals surface area contributed by atoms with Crippen molar-refractivity contribution in [3.63, 3.8) is 0 Å². The van der Waals surface area contributed by atoms with Crippen molar-refractivity contribution in [2.75, 3.05) is 19.8 Å². The summed E-state index contributed by atoms with van der Waals surface area (Å²) in [7, 11) is 0. The summed E-state index contributed by atoms with van der Waals surface area (Å²) in [5.41, 5.74) is 1.68. The Bertz CT molecular complexity index is 406. The molecule has 1 aromatic carbocycles. The van der Waals surface area contributed by atoms with Gasteiger partial charge >= 0.3 is 0 Å². The van der Waals surface area contributed by atoms with Crippen molar-refractivity contribution < 1.29 is 14.9 Å². The Morgan fingerprint density at radius 3 is 2.60 bits per heavy atom. The highest BCUT2D eigenvalue weighted by Gasteiger charge is 2.32. The number of hydrogen-bond donors (Lipinski definition) is 2. The van der Waals surface area contributed by atoms with Crippen LogP contribution in [0.3, 0.4) is 0 Å². The molecule has 0 aliphatic carbocycles. The maximum atomic E-state index is 9.86. The van der Waals surface area contributed by atoms with Crippen LogP contribution in [0, 0.1) is 6.92 Å². The number of hydrogen-bond acceptors (Lipinski definition) is 3. The van der Waals surface area contributed by atoms with E-state index in [-0.39, 0.29) is 13.2 Å². The van der Waals surface area contributed by atoms with E-state index in [0.717, 1.165) is 49.8 Å². The molecule has 2 rings (SSSR count). The molecule has 1 unspecified atom stereocenters. The van der Waals surface area contributed by atoms with E-state index in [0.29, 0.717) is 6.10 Å². The Morgan fingerprint density at radius 2 is 2.00 bits per heavy atom. The van der Waals surface area contributed by atoms with Crippen molar-refractivity contribution in [3.05, 3.63) is 35.4 Å². The summed E-state index contributed by atoms with van der Waals surface area (Å²) in [6.45, 7) is 2.89. The molecule has 3 heteroatoms. The van der Waals surface area contributed by atoms with E-state index in [1.807, 2.05) is 31.2 Å². The Kier molecular flexibility index (Phi) is 5.58. The van der Waals surface area contributed by atoms with E-state index >= 15 is 0 Å². The first-order valence-electron chi connectivity index (χ1n) is 7.61. The van der Waals surface area contributed by atoms with Gasteiger partial charge in [-0.3, -0.25) is 0 Å². The van der Waals surface area contributed by atoms with Crippen molar-refractivity contribution in [2.45, 2.75) is 50.5 Å². The van der Waals surface area contributed by atoms with Crippen molar-refractivity contribution in [2.24, 2.45) is 0 Å². The molecule has 1 fully saturated rings. The van der Waals surface area contributed by atoms with Gasteiger partial charge in [-0.2, -0.15) is 0 Å². The molecular formula is C17H26O3. The van der Waals surface area contributed by atoms with Crippen LogP contribution in [0.4, 0.5) is 0 Å². The van der Waals surface area contributed by atoms with E-state index < -0.39 is 5.41 Å². The van der Waals surface area contributed by atoms with Crippen LogP contribution < -0.4 is 0 Å². The van der Waals surface area contributed by atoms with Crippen LogP contribution in [0.2, 0.25) is 0 Å². The molecule has 1 aromatic rings. The van der Waals surface area contributed by atoms with Gasteiger partial charge in [0, 0.05) is 12.0 Å². The minimum atomic E-state index is -0.524. The normalized spacial score (nSPS) is 19.4. The molecule has 1 aliphatic heterocycles. The lowest BCUT2D eigenvalue weighted by Crippen LogP contribution is -2.35. The monoisotopic (exact) mass is 278 g/mol. The molecule has 1 heterocycles. The first-order chi connectivity index (χ1) is 9.72. The van der Waals surface area contributed by atoms with Gasteiger partial charge in [0.2, 0.25) is 0 Å². The predicted octanol–water partition coefficient (Wildman–Crippen LogP) is 2.57. The number of aliphatic hydroxyl groups is 2. The van der Waals surface area contributed by atoms with Crippen LogP contribution in [-0.4, -0.2) is 36.1 Å². The minimum absolute atomic E-state index is 0.0140. The van der Waals surface area contributed by atoms with Gasteiger partial charge in [-0.05, 0) is 50.2 Å². The lowest BCUT2D eigenvalue weighted by Gasteiger charge is -2.32. The Labute approximate surface area is 121 Å². The van der Waals surface area contributed by atoms with Crippen LogP contribution in [-0.2, 0) is 10.2 Å². The largest absolute Gasteiger partial charge is 0.395 e. The Morgan fingerprint density at radius 1 is 1.25 bits per heavy atom. The molecule has 1 saturated heterocycles. The molecule has 0 amide bonds. The van der Waals surface area contributed by atoms with Crippen LogP contribution in [0.25, 0.3) is 0 Å². The standard InChI is InChI=1S/C17H26O3/c1-14-6-2-3-9-16(14)17(12-18,13-19)10-4-7-15-8-5-11-20-15/h2-3,6,9,15,18-19H,4-5,7-8,10-13H2,1H3. The van der Waals surface area contributed by atoms with Gasteiger partial charge in [0.05, 0.1) is 19.3 Å². The summed E-state index contributed by atoms with van der Waals surface area (Å²) < 4.78 is 5.64. The van der Waals surface area contributed by atoms with E-state index in [1.54, 1.807) is 0 Å². The van der Waals surface area contributed by atoms with Crippen molar-refractivity contribution >= 4 is 0 Å². The minimum Gasteiger partial charge on any atom is -0.395 e. The maximum Gasteiger partial charge on any atom is 0.0576 e. The zero-order chi connectivity index (χ0) is 14.4. The molecule has 0 radical (unpaired) electrons. The maximum absolute atomic E-state index is 9.86. The SMILES string of the molecule is Cc1ccccc1C(CO)(CO)CCCC1CCCO1. The van der Waals surface area contributed by atoms with Gasteiger partial charge in [0.15, 0.2) is 0 Å². The fourth-order valence-electron chi connectivity index (χ4n) is 3.22. The smallest absolute Gasteiger partial charge is 0.0576 e. The van der Waals surface area contributed by atoms with Crippen molar-refractivity contribution in [3.8, 4) is 0 Å². The quantitative estimate of drug-likeness (QED) is 0.806. The molecule has 1 atom stereocenters. The summed E-state index contributed by atoms with van der Waals surface area (Å²) in [6.07, 6.45) is 5.48. The van der Waals surface area contributed by atoms with Crippen LogP contribution >= 0.6 is 0 Å². The zero-order valence-electron chi connectivity index (χ0n) is 12.3. The van der Waals surface area contributed by atoms with Gasteiger partial charge in [0.1, 0.15) is 0 Å². The number of ether oxygens (including phenoxy) is 1. The molecule has 0 aromatic heterocycles. The second-order valence-electron chi connectivity index (χ2n) is 5.94. The fourth-order valence-corrected chi connectivity index (χ4v) is 3.22. The van der Waals surface area contributed by atoms with Crippen molar-refractivity contribution in [1.29, 1.82) is 0 Å². The number of benzene rings is 1. The lowest BCUT2D eigenvalue weighted by atomic mass is 9.75. The second-order valence-corrected chi connectivity index (χ2v) is 5.94. The highest BCUT2D eigenvalue weighted by Crippen LogP contribution is 2.32. The number of aryl methyl sites for hydroxylation is 1. The number of aliphatic hydroxyl groups excluding tert-OH is 2. The Balaban J connectivity index is 2.03. The van der Waals surface area contributed by atoms with Gasteiger partial charge in [-0.15, -0.1) is 0 Å². The third kappa shape index (κ3) is 3.40. The van der Waals surface area contributed by atoms with Crippen molar-refractivity contribution in [1.82, 2.24) is 0 Å². The summed E-state index contributed by atoms with van der Waals surface area (Å²) in [5, 5.41) is 19.7. The highest BCUT2D eigenvalue weighted by atomic mass is 16.5. The first-order valence-corrected chi connectivity index (χ1v) is 7.61. The average Bonchev–Trinajstić information content (AvgIpc) is 2.98. The summed E-state index contributed by atoms with van der Waals surface area (Å²) >= 11 is 0. The molecule has 0 bridgehead atoms. The van der Waals surface area contributed by atoms with E-state index in [2.05, 4.69) is 0 Å². The summed E-state index contributed by atoms with van der Waals surface area (Å²) in [4.78, 5) is 0. The van der Waals surface area contributed by atoms with Gasteiger partial charge in [-0.25, -0.2) is 0 Å². The Hall–Kier alpha value is -0.900. The van der Waals surface area contributed by atoms with Gasteiger partial charge in [-0.1, -0.05) is 24.3 Å². The molecule has 1 aliphatic rings. The molecule has 112 valence electrons. The summed E-state index contributed by atoms with van der Waals surface area (Å²) in [6, 6.07) is 8.02. The molecule has 0 saturated carbocycles. The van der Waals surface area contributed by atoms with Crippen LogP contribution in [0.5, 0.6) is 0 Å². The third-order valence-electron chi connectivity index (χ3n) is 4.53. The van der Waals surface area contributed by atoms with E-state index in [4.69, 9.17) is 4.74 Å². The molecular weight excluding hydrogens is 252 g/mol. The number of rotatable bonds is 7. The highest BCUT2D eigenvalue weighted by molar-refractivity contribution is 5.33. The van der Waals surface area contributed by atoms with Gasteiger partial charge in [0.25, 0.3) is 0 Å². The lowest BCUT2D eigenvalue weighted by molar-refractivity contribution is 0.0839. The molecule has 3 nitrogen and oxygen atoms in total. The molecule has 0 spiro atoms. The van der Waals surface area contributed by atoms with Crippen LogP contribution in [0.1, 0.15) is 43.2 Å². The fraction of sp³-hybridized carbons (Fsp3) is 0.647. The van der Waals surface area contributed by atoms with E-state index in [1.165, 1.54) is 0 Å². The van der Waals surface area contributed by atoms with E-state index in [9.17, 15) is 10.2 Å². The summed E-state index contributed by atoms with van der Waals surface area (Å²) in [5.74, 6) is 0. The zero-order valence-corrected chi connectivity index (χ0v) is 12.3. The average molecular weight is 278 g/mol. The topological polar surface area (TPSA) is 49.7 Å². The molecule has 20 heavy (non-hydrogen) atoms. The first kappa shape index (κ1) is 15.5. The molecule has 2 N–H and O–H groups in total.